The first-order valence-corrected chi connectivity index (χ1v) is 11.3. The maximum absolute atomic E-state index is 13.0. The zero-order chi connectivity index (χ0) is 23.8. The molecular weight excluding hydrogens is 478 g/mol. The van der Waals surface area contributed by atoms with Gasteiger partial charge in [0.1, 0.15) is 10.8 Å². The topological polar surface area (TPSA) is 95.7 Å². The molecule has 34 heavy (non-hydrogen) atoms. The van der Waals surface area contributed by atoms with Crippen molar-refractivity contribution in [2.45, 2.75) is 0 Å². The molecule has 3 aromatic heterocycles. The van der Waals surface area contributed by atoms with Crippen LogP contribution in [-0.4, -0.2) is 37.4 Å². The van der Waals surface area contributed by atoms with Gasteiger partial charge in [-0.1, -0.05) is 35.0 Å². The number of carbonyl (C=O) groups is 1. The van der Waals surface area contributed by atoms with E-state index in [4.69, 9.17) is 30.3 Å². The molecule has 2 aromatic carbocycles. The van der Waals surface area contributed by atoms with Crippen molar-refractivity contribution >= 4 is 55.7 Å². The number of anilines is 1. The van der Waals surface area contributed by atoms with Crippen LogP contribution in [0.15, 0.2) is 53.1 Å². The summed E-state index contributed by atoms with van der Waals surface area (Å²) in [4.78, 5) is 17.8. The lowest BCUT2D eigenvalue weighted by molar-refractivity contribution is 0.102. The lowest BCUT2D eigenvalue weighted by Gasteiger charge is -2.13. The van der Waals surface area contributed by atoms with Crippen LogP contribution >= 0.6 is 22.9 Å². The van der Waals surface area contributed by atoms with Gasteiger partial charge in [-0.05, 0) is 24.3 Å². The highest BCUT2D eigenvalue weighted by Crippen LogP contribution is 2.41. The predicted octanol–water partition coefficient (Wildman–Crippen LogP) is 6.04. The fourth-order valence-electron chi connectivity index (χ4n) is 3.66. The van der Waals surface area contributed by atoms with Gasteiger partial charge in [-0.2, -0.15) is 0 Å². The van der Waals surface area contributed by atoms with E-state index in [0.29, 0.717) is 38.5 Å². The molecule has 0 bridgehead atoms. The van der Waals surface area contributed by atoms with Crippen molar-refractivity contribution < 1.29 is 23.5 Å². The van der Waals surface area contributed by atoms with Crippen LogP contribution in [-0.2, 0) is 0 Å². The molecule has 1 amide bonds. The van der Waals surface area contributed by atoms with Crippen molar-refractivity contribution in [3.8, 4) is 28.5 Å². The van der Waals surface area contributed by atoms with Crippen molar-refractivity contribution in [3.05, 3.63) is 58.6 Å². The van der Waals surface area contributed by atoms with Crippen LogP contribution in [0.5, 0.6) is 17.2 Å². The number of nitrogens with one attached hydrogen (secondary N) is 1. The number of rotatable bonds is 6. The minimum absolute atomic E-state index is 0.195. The van der Waals surface area contributed by atoms with E-state index in [0.717, 1.165) is 21.0 Å². The zero-order valence-electron chi connectivity index (χ0n) is 18.3. The van der Waals surface area contributed by atoms with Crippen LogP contribution in [0.3, 0.4) is 0 Å². The Bertz CT molecular complexity index is 1520. The van der Waals surface area contributed by atoms with Gasteiger partial charge in [0.05, 0.1) is 31.7 Å². The molecule has 0 spiro atoms. The second-order valence-electron chi connectivity index (χ2n) is 7.22. The molecule has 0 unspecified atom stereocenters. The zero-order valence-corrected chi connectivity index (χ0v) is 19.9. The Kier molecular flexibility index (Phi) is 5.72. The number of hydrogen-bond acceptors (Lipinski definition) is 8. The molecule has 0 radical (unpaired) electrons. The van der Waals surface area contributed by atoms with Gasteiger partial charge >= 0.3 is 0 Å². The molecule has 0 aliphatic carbocycles. The summed E-state index contributed by atoms with van der Waals surface area (Å²) < 4.78 is 22.4. The van der Waals surface area contributed by atoms with E-state index in [1.54, 1.807) is 24.3 Å². The lowest BCUT2D eigenvalue weighted by Crippen LogP contribution is -2.09. The van der Waals surface area contributed by atoms with Gasteiger partial charge in [-0.25, -0.2) is 4.98 Å². The number of para-hydroxylation sites is 1. The van der Waals surface area contributed by atoms with E-state index < -0.39 is 0 Å². The highest BCUT2D eigenvalue weighted by molar-refractivity contribution is 7.22. The first-order chi connectivity index (χ1) is 16.5. The molecule has 0 saturated carbocycles. The van der Waals surface area contributed by atoms with Gasteiger partial charge in [0.2, 0.25) is 11.6 Å². The first-order valence-electron chi connectivity index (χ1n) is 10.1. The maximum atomic E-state index is 13.0. The molecule has 1 N–H and O–H groups in total. The van der Waals surface area contributed by atoms with Crippen molar-refractivity contribution in [1.82, 2.24) is 10.1 Å². The quantitative estimate of drug-likeness (QED) is 0.287. The molecular formula is C24H18ClN3O5S. The van der Waals surface area contributed by atoms with Crippen LogP contribution in [0, 0.1) is 0 Å². The largest absolute Gasteiger partial charge is 0.493 e. The second-order valence-corrected chi connectivity index (χ2v) is 8.63. The Balaban J connectivity index is 1.44. The summed E-state index contributed by atoms with van der Waals surface area (Å²) in [5.74, 6) is 1.28. The smallest absolute Gasteiger partial charge is 0.268 e. The molecule has 8 nitrogen and oxygen atoms in total. The number of pyridine rings is 1. The summed E-state index contributed by atoms with van der Waals surface area (Å²) in [6, 6.07) is 14.5. The van der Waals surface area contributed by atoms with Crippen LogP contribution in [0.4, 0.5) is 5.88 Å². The third-order valence-electron chi connectivity index (χ3n) is 5.25. The Labute approximate surface area is 203 Å². The fraction of sp³-hybridized carbons (Fsp3) is 0.125. The normalized spacial score (nSPS) is 11.1. The number of aromatic nitrogens is 2. The predicted molar refractivity (Wildman–Crippen MR) is 132 cm³/mol. The average Bonchev–Trinajstić information content (AvgIpc) is 3.51. The fourth-order valence-corrected chi connectivity index (χ4v) is 5.04. The molecule has 0 saturated heterocycles. The summed E-state index contributed by atoms with van der Waals surface area (Å²) in [6.07, 6.45) is 0. The van der Waals surface area contributed by atoms with Crippen LogP contribution < -0.4 is 19.5 Å². The highest BCUT2D eigenvalue weighted by atomic mass is 35.5. The summed E-state index contributed by atoms with van der Waals surface area (Å²) in [5, 5.41) is 8.84. The number of hydrogen-bond donors (Lipinski definition) is 1. The minimum Gasteiger partial charge on any atom is -0.493 e. The van der Waals surface area contributed by atoms with E-state index >= 15 is 0 Å². The SMILES string of the molecule is COc1cc(-c2cc(NC(=O)c3cc4c(Cl)nc5ccccc5c4s3)on2)cc(OC)c1OC. The molecule has 10 heteroatoms. The van der Waals surface area contributed by atoms with E-state index in [2.05, 4.69) is 15.5 Å². The van der Waals surface area contributed by atoms with Gasteiger partial charge in [0.15, 0.2) is 11.5 Å². The van der Waals surface area contributed by atoms with E-state index in [-0.39, 0.29) is 11.8 Å². The molecule has 0 atom stereocenters. The number of ether oxygens (including phenoxy) is 3. The molecule has 0 fully saturated rings. The molecule has 3 heterocycles. The third kappa shape index (κ3) is 3.78. The average molecular weight is 496 g/mol. The number of nitrogens with zero attached hydrogens (tertiary/aromatic N) is 2. The van der Waals surface area contributed by atoms with Gasteiger partial charge in [0, 0.05) is 27.1 Å². The van der Waals surface area contributed by atoms with Gasteiger partial charge in [-0.3, -0.25) is 10.1 Å². The highest BCUT2D eigenvalue weighted by Gasteiger charge is 2.19. The number of halogens is 1. The molecule has 5 rings (SSSR count). The number of benzene rings is 2. The van der Waals surface area contributed by atoms with E-state index in [1.165, 1.54) is 32.7 Å². The summed E-state index contributed by atoms with van der Waals surface area (Å²) >= 11 is 7.70. The van der Waals surface area contributed by atoms with E-state index in [9.17, 15) is 4.79 Å². The number of fused-ring (bicyclic) bond motifs is 3. The standard InChI is InChI=1S/C24H18ClN3O5S/c1-30-17-8-12(9-18(31-2)21(17)32-3)16-11-20(33-28-16)27-24(29)19-10-14-22(34-19)13-6-4-5-7-15(13)26-23(14)25/h4-11H,1-3H3,(H,27,29). The Morgan fingerprint density at radius 1 is 1.00 bits per heavy atom. The van der Waals surface area contributed by atoms with Crippen molar-refractivity contribution in [1.29, 1.82) is 0 Å². The number of methoxy groups -OCH3 is 3. The van der Waals surface area contributed by atoms with Gasteiger partial charge in [-0.15, -0.1) is 11.3 Å². The van der Waals surface area contributed by atoms with Crippen molar-refractivity contribution in [3.63, 3.8) is 0 Å². The first kappa shape index (κ1) is 22.0. The molecule has 0 aliphatic heterocycles. The summed E-state index contributed by atoms with van der Waals surface area (Å²) in [7, 11) is 4.60. The minimum atomic E-state index is -0.339. The monoisotopic (exact) mass is 495 g/mol. The second kappa shape index (κ2) is 8.85. The number of carbonyl (C=O) groups excluding carboxylic acids is 1. The van der Waals surface area contributed by atoms with E-state index in [1.807, 2.05) is 24.3 Å². The Morgan fingerprint density at radius 2 is 1.74 bits per heavy atom. The van der Waals surface area contributed by atoms with Crippen LogP contribution in [0.25, 0.3) is 32.2 Å². The Morgan fingerprint density at radius 3 is 2.44 bits per heavy atom. The third-order valence-corrected chi connectivity index (χ3v) is 6.71. The van der Waals surface area contributed by atoms with Crippen molar-refractivity contribution in [2.24, 2.45) is 0 Å². The molecule has 172 valence electrons. The molecule has 5 aromatic rings. The summed E-state index contributed by atoms with van der Waals surface area (Å²) in [6.45, 7) is 0. The number of amides is 1. The maximum Gasteiger partial charge on any atom is 0.268 e. The van der Waals surface area contributed by atoms with Crippen LogP contribution in [0.2, 0.25) is 5.15 Å². The van der Waals surface area contributed by atoms with Crippen LogP contribution in [0.1, 0.15) is 9.67 Å². The van der Waals surface area contributed by atoms with Gasteiger partial charge < -0.3 is 18.7 Å². The number of thiophene rings is 1. The molecule has 0 aliphatic rings. The summed E-state index contributed by atoms with van der Waals surface area (Å²) in [5.41, 5.74) is 1.94. The van der Waals surface area contributed by atoms with Gasteiger partial charge in [0.25, 0.3) is 5.91 Å². The lowest BCUT2D eigenvalue weighted by atomic mass is 10.1. The Hall–Kier alpha value is -3.82. The van der Waals surface area contributed by atoms with Crippen molar-refractivity contribution in [2.75, 3.05) is 26.6 Å².